The molecule has 19 heavy (non-hydrogen) atoms. The van der Waals surface area contributed by atoms with Crippen LogP contribution in [0.2, 0.25) is 5.02 Å². The van der Waals surface area contributed by atoms with Gasteiger partial charge >= 0.3 is 0 Å². The summed E-state index contributed by atoms with van der Waals surface area (Å²) in [6, 6.07) is 16.6. The van der Waals surface area contributed by atoms with Crippen molar-refractivity contribution in [3.63, 3.8) is 0 Å². The molecule has 0 saturated carbocycles. The van der Waals surface area contributed by atoms with E-state index in [1.54, 1.807) is 0 Å². The van der Waals surface area contributed by atoms with Gasteiger partial charge in [-0.05, 0) is 30.2 Å². The molecule has 0 spiro atoms. The van der Waals surface area contributed by atoms with Crippen molar-refractivity contribution in [1.29, 1.82) is 0 Å². The molecule has 98 valence electrons. The zero-order chi connectivity index (χ0) is 13.1. The maximum absolute atomic E-state index is 6.27. The Balaban J connectivity index is 1.91. The van der Waals surface area contributed by atoms with Gasteiger partial charge in [-0.3, -0.25) is 0 Å². The number of halogens is 1. The van der Waals surface area contributed by atoms with Crippen molar-refractivity contribution in [3.05, 3.63) is 59.1 Å². The van der Waals surface area contributed by atoms with E-state index in [1.165, 1.54) is 16.9 Å². The number of hydrogen-bond acceptors (Lipinski definition) is 2. The summed E-state index contributed by atoms with van der Waals surface area (Å²) in [6.07, 6.45) is 1.14. The van der Waals surface area contributed by atoms with Crippen molar-refractivity contribution in [3.8, 4) is 0 Å². The first-order valence-corrected chi connectivity index (χ1v) is 7.03. The van der Waals surface area contributed by atoms with Crippen molar-refractivity contribution in [2.24, 2.45) is 0 Å². The second-order valence-electron chi connectivity index (χ2n) is 4.81. The summed E-state index contributed by atoms with van der Waals surface area (Å²) < 4.78 is 0. The average Bonchev–Trinajstić information content (AvgIpc) is 2.64. The minimum Gasteiger partial charge on any atom is -0.383 e. The Bertz CT molecular complexity index is 568. The topological polar surface area (TPSA) is 15.3 Å². The standard InChI is InChI=1S/C16H17ClN2/c17-14-7-2-1-6-13(14)12-19-11-5-10-18-15-8-3-4-9-16(15)19/h1-4,6-9,18H,5,10-12H2. The largest absolute Gasteiger partial charge is 0.383 e. The number of rotatable bonds is 2. The molecule has 0 unspecified atom stereocenters. The molecule has 2 nitrogen and oxygen atoms in total. The first kappa shape index (κ1) is 12.4. The second-order valence-corrected chi connectivity index (χ2v) is 5.22. The van der Waals surface area contributed by atoms with Gasteiger partial charge in [0.2, 0.25) is 0 Å². The van der Waals surface area contributed by atoms with Gasteiger partial charge in [-0.1, -0.05) is 41.9 Å². The quantitative estimate of drug-likeness (QED) is 0.883. The van der Waals surface area contributed by atoms with E-state index in [1.807, 2.05) is 18.2 Å². The predicted octanol–water partition coefficient (Wildman–Crippen LogP) is 4.16. The number of hydrogen-bond donors (Lipinski definition) is 1. The Hall–Kier alpha value is -1.67. The smallest absolute Gasteiger partial charge is 0.0605 e. The van der Waals surface area contributed by atoms with Gasteiger partial charge < -0.3 is 10.2 Å². The second kappa shape index (κ2) is 5.54. The SMILES string of the molecule is Clc1ccccc1CN1CCCNc2ccccc21. The van der Waals surface area contributed by atoms with Crippen LogP contribution in [0.4, 0.5) is 11.4 Å². The maximum Gasteiger partial charge on any atom is 0.0605 e. The number of anilines is 2. The average molecular weight is 273 g/mol. The summed E-state index contributed by atoms with van der Waals surface area (Å²) in [5, 5.41) is 4.33. The highest BCUT2D eigenvalue weighted by Gasteiger charge is 2.15. The molecular weight excluding hydrogens is 256 g/mol. The molecule has 3 rings (SSSR count). The monoisotopic (exact) mass is 272 g/mol. The predicted molar refractivity (Wildman–Crippen MR) is 82.1 cm³/mol. The van der Waals surface area contributed by atoms with E-state index >= 15 is 0 Å². The number of para-hydroxylation sites is 2. The van der Waals surface area contributed by atoms with Gasteiger partial charge in [-0.25, -0.2) is 0 Å². The van der Waals surface area contributed by atoms with Crippen molar-refractivity contribution in [2.45, 2.75) is 13.0 Å². The molecule has 0 aromatic heterocycles. The van der Waals surface area contributed by atoms with Gasteiger partial charge in [0.15, 0.2) is 0 Å². The van der Waals surface area contributed by atoms with Crippen LogP contribution in [0.3, 0.4) is 0 Å². The van der Waals surface area contributed by atoms with Crippen molar-refractivity contribution in [2.75, 3.05) is 23.3 Å². The minimum atomic E-state index is 0.845. The number of benzene rings is 2. The van der Waals surface area contributed by atoms with E-state index in [4.69, 9.17) is 11.6 Å². The summed E-state index contributed by atoms with van der Waals surface area (Å²) >= 11 is 6.27. The lowest BCUT2D eigenvalue weighted by molar-refractivity contribution is 0.764. The Kier molecular flexibility index (Phi) is 3.60. The van der Waals surface area contributed by atoms with Gasteiger partial charge in [0.1, 0.15) is 0 Å². The van der Waals surface area contributed by atoms with Gasteiger partial charge in [-0.15, -0.1) is 0 Å². The number of nitrogens with one attached hydrogen (secondary N) is 1. The molecule has 2 aromatic carbocycles. The molecule has 3 heteroatoms. The Labute approximate surface area is 119 Å². The molecule has 0 radical (unpaired) electrons. The van der Waals surface area contributed by atoms with Crippen molar-refractivity contribution in [1.82, 2.24) is 0 Å². The highest BCUT2D eigenvalue weighted by molar-refractivity contribution is 6.31. The first-order valence-electron chi connectivity index (χ1n) is 6.66. The first-order chi connectivity index (χ1) is 9.34. The summed E-state index contributed by atoms with van der Waals surface area (Å²) in [4.78, 5) is 2.40. The Morgan fingerprint density at radius 1 is 1.05 bits per heavy atom. The molecule has 0 amide bonds. The van der Waals surface area contributed by atoms with Crippen LogP contribution in [0.1, 0.15) is 12.0 Å². The van der Waals surface area contributed by atoms with Crippen LogP contribution in [0.5, 0.6) is 0 Å². The number of nitrogens with zero attached hydrogens (tertiary/aromatic N) is 1. The third-order valence-electron chi connectivity index (χ3n) is 3.48. The van der Waals surface area contributed by atoms with E-state index < -0.39 is 0 Å². The van der Waals surface area contributed by atoms with E-state index in [0.717, 1.165) is 31.1 Å². The van der Waals surface area contributed by atoms with Crippen LogP contribution in [0.25, 0.3) is 0 Å². The summed E-state index contributed by atoms with van der Waals surface area (Å²) in [7, 11) is 0. The lowest BCUT2D eigenvalue weighted by Gasteiger charge is -2.25. The van der Waals surface area contributed by atoms with E-state index in [0.29, 0.717) is 0 Å². The fraction of sp³-hybridized carbons (Fsp3) is 0.250. The fourth-order valence-electron chi connectivity index (χ4n) is 2.51. The van der Waals surface area contributed by atoms with E-state index in [-0.39, 0.29) is 0 Å². The highest BCUT2D eigenvalue weighted by Crippen LogP contribution is 2.30. The van der Waals surface area contributed by atoms with E-state index in [2.05, 4.69) is 40.5 Å². The summed E-state index contributed by atoms with van der Waals surface area (Å²) in [5.41, 5.74) is 3.66. The van der Waals surface area contributed by atoms with Gasteiger partial charge in [0.25, 0.3) is 0 Å². The van der Waals surface area contributed by atoms with Gasteiger partial charge in [0, 0.05) is 24.7 Å². The lowest BCUT2D eigenvalue weighted by Crippen LogP contribution is -2.23. The zero-order valence-corrected chi connectivity index (χ0v) is 11.5. The van der Waals surface area contributed by atoms with Crippen molar-refractivity contribution < 1.29 is 0 Å². The molecule has 0 atom stereocenters. The van der Waals surface area contributed by atoms with Crippen LogP contribution < -0.4 is 10.2 Å². The normalized spacial score (nSPS) is 14.5. The Morgan fingerprint density at radius 2 is 1.84 bits per heavy atom. The zero-order valence-electron chi connectivity index (χ0n) is 10.8. The highest BCUT2D eigenvalue weighted by atomic mass is 35.5. The molecule has 0 fully saturated rings. The molecule has 1 heterocycles. The van der Waals surface area contributed by atoms with Gasteiger partial charge in [-0.2, -0.15) is 0 Å². The fourth-order valence-corrected chi connectivity index (χ4v) is 2.70. The molecule has 1 N–H and O–H groups in total. The summed E-state index contributed by atoms with van der Waals surface area (Å²) in [6.45, 7) is 2.93. The molecule has 1 aliphatic rings. The molecule has 0 bridgehead atoms. The molecule has 0 aliphatic carbocycles. The minimum absolute atomic E-state index is 0.845. The lowest BCUT2D eigenvalue weighted by atomic mass is 10.2. The van der Waals surface area contributed by atoms with Crippen molar-refractivity contribution >= 4 is 23.0 Å². The van der Waals surface area contributed by atoms with Crippen LogP contribution in [-0.4, -0.2) is 13.1 Å². The van der Waals surface area contributed by atoms with Crippen LogP contribution in [0, 0.1) is 0 Å². The summed E-state index contributed by atoms with van der Waals surface area (Å²) in [5.74, 6) is 0. The molecule has 1 aliphatic heterocycles. The molecular formula is C16H17ClN2. The van der Waals surface area contributed by atoms with Crippen LogP contribution in [0.15, 0.2) is 48.5 Å². The third-order valence-corrected chi connectivity index (χ3v) is 3.85. The molecule has 0 saturated heterocycles. The third kappa shape index (κ3) is 2.69. The molecule has 2 aromatic rings. The number of fused-ring (bicyclic) bond motifs is 1. The van der Waals surface area contributed by atoms with Crippen LogP contribution in [-0.2, 0) is 6.54 Å². The van der Waals surface area contributed by atoms with Crippen LogP contribution >= 0.6 is 11.6 Å². The van der Waals surface area contributed by atoms with Gasteiger partial charge in [0.05, 0.1) is 11.4 Å². The Morgan fingerprint density at radius 3 is 2.74 bits per heavy atom. The van der Waals surface area contributed by atoms with E-state index in [9.17, 15) is 0 Å². The maximum atomic E-state index is 6.27.